The first-order valence-corrected chi connectivity index (χ1v) is 7.02. The van der Waals surface area contributed by atoms with Gasteiger partial charge in [-0.1, -0.05) is 19.9 Å². The van der Waals surface area contributed by atoms with Gasteiger partial charge in [0.1, 0.15) is 0 Å². The number of benzene rings is 1. The largest absolute Gasteiger partial charge is 0.454 e. The number of hydrogen-bond acceptors (Lipinski definition) is 4. The van der Waals surface area contributed by atoms with Crippen LogP contribution in [0.25, 0.3) is 0 Å². The van der Waals surface area contributed by atoms with Gasteiger partial charge in [-0.2, -0.15) is 0 Å². The molecule has 1 fully saturated rings. The molecule has 2 aliphatic heterocycles. The highest BCUT2D eigenvalue weighted by Crippen LogP contribution is 2.36. The summed E-state index contributed by atoms with van der Waals surface area (Å²) >= 11 is 0. The van der Waals surface area contributed by atoms with Gasteiger partial charge in [-0.25, -0.2) is 0 Å². The summed E-state index contributed by atoms with van der Waals surface area (Å²) in [5, 5.41) is 3.65. The average molecular weight is 263 g/mol. The maximum Gasteiger partial charge on any atom is 0.231 e. The number of rotatable bonds is 3. The monoisotopic (exact) mass is 263 g/mol. The third-order valence-electron chi connectivity index (χ3n) is 4.35. The van der Waals surface area contributed by atoms with Gasteiger partial charge >= 0.3 is 0 Å². The van der Waals surface area contributed by atoms with Crippen LogP contribution in [0.4, 0.5) is 0 Å². The summed E-state index contributed by atoms with van der Waals surface area (Å²) in [4.78, 5) is 0. The molecule has 1 aromatic carbocycles. The number of hydrogen-bond donors (Lipinski definition) is 1. The van der Waals surface area contributed by atoms with E-state index < -0.39 is 0 Å². The highest BCUT2D eigenvalue weighted by molar-refractivity contribution is 5.45. The van der Waals surface area contributed by atoms with E-state index in [9.17, 15) is 0 Å². The van der Waals surface area contributed by atoms with Crippen molar-refractivity contribution in [3.8, 4) is 11.5 Å². The zero-order chi connectivity index (χ0) is 13.3. The Morgan fingerprint density at radius 3 is 2.68 bits per heavy atom. The van der Waals surface area contributed by atoms with E-state index in [1.807, 2.05) is 12.1 Å². The van der Waals surface area contributed by atoms with E-state index in [1.165, 1.54) is 0 Å². The minimum absolute atomic E-state index is 0.0979. The Kier molecular flexibility index (Phi) is 3.37. The molecule has 104 valence electrons. The van der Waals surface area contributed by atoms with Crippen LogP contribution >= 0.6 is 0 Å². The summed E-state index contributed by atoms with van der Waals surface area (Å²) in [6.45, 7) is 6.35. The second-order valence-electron chi connectivity index (χ2n) is 5.28. The molecule has 0 aliphatic carbocycles. The molecule has 0 spiro atoms. The highest BCUT2D eigenvalue weighted by atomic mass is 16.7. The molecule has 1 atom stereocenters. The summed E-state index contributed by atoms with van der Waals surface area (Å²) in [7, 11) is 0. The second-order valence-corrected chi connectivity index (χ2v) is 5.28. The third-order valence-corrected chi connectivity index (χ3v) is 4.35. The first kappa shape index (κ1) is 12.8. The van der Waals surface area contributed by atoms with Crippen LogP contribution in [0.1, 0.15) is 38.4 Å². The summed E-state index contributed by atoms with van der Waals surface area (Å²) < 4.78 is 16.8. The van der Waals surface area contributed by atoms with E-state index in [0.29, 0.717) is 6.79 Å². The minimum Gasteiger partial charge on any atom is -0.454 e. The van der Waals surface area contributed by atoms with Gasteiger partial charge in [0.05, 0.1) is 12.7 Å². The number of nitrogens with one attached hydrogen (secondary N) is 1. The van der Waals surface area contributed by atoms with E-state index in [0.717, 1.165) is 43.1 Å². The zero-order valence-electron chi connectivity index (χ0n) is 11.6. The number of ether oxygens (including phenoxy) is 3. The van der Waals surface area contributed by atoms with Crippen LogP contribution in [0.5, 0.6) is 11.5 Å². The van der Waals surface area contributed by atoms with Gasteiger partial charge in [-0.15, -0.1) is 0 Å². The number of fused-ring (bicyclic) bond motifs is 1. The summed E-state index contributed by atoms with van der Waals surface area (Å²) in [6.07, 6.45) is 2.29. The molecule has 1 unspecified atom stereocenters. The van der Waals surface area contributed by atoms with E-state index in [2.05, 4.69) is 25.2 Å². The van der Waals surface area contributed by atoms with E-state index in [1.54, 1.807) is 0 Å². The fourth-order valence-corrected chi connectivity index (χ4v) is 2.71. The maximum atomic E-state index is 6.06. The zero-order valence-corrected chi connectivity index (χ0v) is 11.6. The van der Waals surface area contributed by atoms with Crippen molar-refractivity contribution in [1.29, 1.82) is 0 Å². The molecule has 1 N–H and O–H groups in total. The molecule has 0 amide bonds. The van der Waals surface area contributed by atoms with Gasteiger partial charge in [0.2, 0.25) is 6.79 Å². The molecular weight excluding hydrogens is 242 g/mol. The van der Waals surface area contributed by atoms with Gasteiger partial charge in [-0.05, 0) is 30.5 Å². The van der Waals surface area contributed by atoms with Crippen molar-refractivity contribution in [2.24, 2.45) is 0 Å². The van der Waals surface area contributed by atoms with Gasteiger partial charge in [0.15, 0.2) is 11.5 Å². The lowest BCUT2D eigenvalue weighted by atomic mass is 9.91. The van der Waals surface area contributed by atoms with Crippen LogP contribution < -0.4 is 14.8 Å². The first-order chi connectivity index (χ1) is 9.26. The summed E-state index contributed by atoms with van der Waals surface area (Å²) in [5.41, 5.74) is 1.30. The van der Waals surface area contributed by atoms with E-state index >= 15 is 0 Å². The molecule has 2 aliphatic rings. The van der Waals surface area contributed by atoms with Crippen LogP contribution in [0.15, 0.2) is 18.2 Å². The molecule has 4 heteroatoms. The Balaban J connectivity index is 1.72. The Bertz CT molecular complexity index is 447. The fraction of sp³-hybridized carbons (Fsp3) is 0.600. The molecule has 19 heavy (non-hydrogen) atoms. The lowest BCUT2D eigenvalue weighted by Gasteiger charge is -2.40. The van der Waals surface area contributed by atoms with Crippen molar-refractivity contribution in [2.45, 2.75) is 38.3 Å². The highest BCUT2D eigenvalue weighted by Gasteiger charge is 2.33. The first-order valence-electron chi connectivity index (χ1n) is 7.02. The molecule has 0 bridgehead atoms. The Morgan fingerprint density at radius 1 is 1.21 bits per heavy atom. The van der Waals surface area contributed by atoms with Crippen LogP contribution in [0, 0.1) is 0 Å². The lowest BCUT2D eigenvalue weighted by molar-refractivity contribution is -0.0375. The Hall–Kier alpha value is -1.26. The van der Waals surface area contributed by atoms with Crippen molar-refractivity contribution in [3.05, 3.63) is 23.8 Å². The normalized spacial score (nSPS) is 24.4. The minimum atomic E-state index is 0.0979. The molecule has 2 heterocycles. The smallest absolute Gasteiger partial charge is 0.231 e. The SMILES string of the molecule is CCC1(CC)COC(c2ccc3c(c2)OCO3)CN1. The molecule has 1 saturated heterocycles. The van der Waals surface area contributed by atoms with Gasteiger partial charge in [-0.3, -0.25) is 0 Å². The molecule has 0 saturated carbocycles. The predicted molar refractivity (Wildman–Crippen MR) is 72.6 cm³/mol. The molecule has 0 radical (unpaired) electrons. The van der Waals surface area contributed by atoms with Crippen LogP contribution in [-0.4, -0.2) is 25.5 Å². The van der Waals surface area contributed by atoms with Crippen LogP contribution in [-0.2, 0) is 4.74 Å². The summed E-state index contributed by atoms with van der Waals surface area (Å²) in [5.74, 6) is 1.65. The quantitative estimate of drug-likeness (QED) is 0.910. The van der Waals surface area contributed by atoms with Gasteiger partial charge in [0.25, 0.3) is 0 Å². The van der Waals surface area contributed by atoms with Crippen molar-refractivity contribution < 1.29 is 14.2 Å². The fourth-order valence-electron chi connectivity index (χ4n) is 2.71. The molecule has 1 aromatic rings. The standard InChI is InChI=1S/C15H21NO3/c1-3-15(4-2)9-17-14(8-16-15)11-5-6-12-13(7-11)19-10-18-12/h5-7,14,16H,3-4,8-10H2,1-2H3. The van der Waals surface area contributed by atoms with Gasteiger partial charge < -0.3 is 19.5 Å². The van der Waals surface area contributed by atoms with Crippen molar-refractivity contribution in [1.82, 2.24) is 5.32 Å². The molecule has 4 nitrogen and oxygen atoms in total. The van der Waals surface area contributed by atoms with Crippen LogP contribution in [0.2, 0.25) is 0 Å². The van der Waals surface area contributed by atoms with E-state index in [4.69, 9.17) is 14.2 Å². The van der Waals surface area contributed by atoms with E-state index in [-0.39, 0.29) is 11.6 Å². The topological polar surface area (TPSA) is 39.7 Å². The van der Waals surface area contributed by atoms with Crippen molar-refractivity contribution in [3.63, 3.8) is 0 Å². The second kappa shape index (κ2) is 5.02. The van der Waals surface area contributed by atoms with Crippen molar-refractivity contribution in [2.75, 3.05) is 19.9 Å². The van der Waals surface area contributed by atoms with Gasteiger partial charge in [0, 0.05) is 12.1 Å². The maximum absolute atomic E-state index is 6.06. The lowest BCUT2D eigenvalue weighted by Crippen LogP contribution is -2.54. The predicted octanol–water partition coefficient (Wildman–Crippen LogP) is 2.63. The molecule has 3 rings (SSSR count). The average Bonchev–Trinajstić information content (AvgIpc) is 2.95. The molecule has 0 aromatic heterocycles. The van der Waals surface area contributed by atoms with Crippen molar-refractivity contribution >= 4 is 0 Å². The third kappa shape index (κ3) is 2.30. The molecular formula is C15H21NO3. The van der Waals surface area contributed by atoms with Crippen LogP contribution in [0.3, 0.4) is 0 Å². The Morgan fingerprint density at radius 2 is 2.00 bits per heavy atom. The summed E-state index contributed by atoms with van der Waals surface area (Å²) in [6, 6.07) is 6.05. The Labute approximate surface area is 114 Å². The number of morpholine rings is 1.